The molecule has 1 aliphatic carbocycles. The molecule has 0 radical (unpaired) electrons. The van der Waals surface area contributed by atoms with Crippen LogP contribution in [-0.2, 0) is 17.8 Å². The first kappa shape index (κ1) is 28.9. The number of rotatable bonds is 8. The van der Waals surface area contributed by atoms with Crippen LogP contribution in [0.5, 0.6) is 0 Å². The first-order chi connectivity index (χ1) is 19.4. The third kappa shape index (κ3) is 6.48. The average molecular weight is 586 g/mol. The van der Waals surface area contributed by atoms with E-state index in [-0.39, 0.29) is 56.7 Å². The van der Waals surface area contributed by atoms with E-state index in [0.29, 0.717) is 17.0 Å². The first-order valence-corrected chi connectivity index (χ1v) is 13.4. The van der Waals surface area contributed by atoms with E-state index in [9.17, 15) is 35.9 Å². The maximum Gasteiger partial charge on any atom is 0.393 e. The zero-order chi connectivity index (χ0) is 29.4. The molecule has 0 aromatic carbocycles. The van der Waals surface area contributed by atoms with Crippen molar-refractivity contribution in [1.29, 1.82) is 0 Å². The summed E-state index contributed by atoms with van der Waals surface area (Å²) in [5.41, 5.74) is 1.22. The largest absolute Gasteiger partial charge is 0.393 e. The predicted molar refractivity (Wildman–Crippen MR) is 133 cm³/mol. The molecule has 2 fully saturated rings. The second kappa shape index (κ2) is 11.3. The Morgan fingerprint density at radius 3 is 2.66 bits per heavy atom. The van der Waals surface area contributed by atoms with Gasteiger partial charge in [-0.15, -0.1) is 0 Å². The van der Waals surface area contributed by atoms with Gasteiger partial charge in [-0.25, -0.2) is 22.7 Å². The molecule has 0 spiro atoms. The summed E-state index contributed by atoms with van der Waals surface area (Å²) in [6.45, 7) is -1.31. The number of halogens is 6. The Morgan fingerprint density at radius 2 is 1.95 bits per heavy atom. The summed E-state index contributed by atoms with van der Waals surface area (Å²) in [4.78, 5) is 30.0. The second-order valence-corrected chi connectivity index (χ2v) is 10.7. The molecule has 9 nitrogen and oxygen atoms in total. The minimum atomic E-state index is -4.42. The van der Waals surface area contributed by atoms with Crippen LogP contribution in [0.4, 0.5) is 26.3 Å². The van der Waals surface area contributed by atoms with Crippen molar-refractivity contribution in [1.82, 2.24) is 35.0 Å². The van der Waals surface area contributed by atoms with E-state index in [2.05, 4.69) is 25.8 Å². The smallest absolute Gasteiger partial charge is 0.355 e. The van der Waals surface area contributed by atoms with Gasteiger partial charge in [-0.3, -0.25) is 14.3 Å². The summed E-state index contributed by atoms with van der Waals surface area (Å²) in [7, 11) is 0. The number of aromatic nitrogens is 5. The molecule has 2 amide bonds. The fourth-order valence-corrected chi connectivity index (χ4v) is 5.61. The SMILES string of the molecule is O=C(NC(c1cn2nc(CC3C[C@@H](C(F)(F)F)CNC3=O)ccc2n1)C1CCC(F)(F)CC1)c1ccnn1CCF. The molecule has 2 unspecified atom stereocenters. The fraction of sp³-hybridized carbons (Fsp3) is 0.577. The molecule has 4 heterocycles. The molecule has 2 N–H and O–H groups in total. The van der Waals surface area contributed by atoms with Gasteiger partial charge in [0, 0.05) is 37.9 Å². The Balaban J connectivity index is 1.39. The van der Waals surface area contributed by atoms with Crippen molar-refractivity contribution in [3.8, 4) is 0 Å². The molecule has 15 heteroatoms. The quantitative estimate of drug-likeness (QED) is 0.388. The Morgan fingerprint density at radius 1 is 1.20 bits per heavy atom. The molecule has 2 aliphatic rings. The van der Waals surface area contributed by atoms with Gasteiger partial charge < -0.3 is 10.6 Å². The summed E-state index contributed by atoms with van der Waals surface area (Å²) in [6.07, 6.45) is -2.31. The van der Waals surface area contributed by atoms with Gasteiger partial charge in [0.25, 0.3) is 5.91 Å². The third-order valence-corrected chi connectivity index (χ3v) is 7.86. The molecule has 1 aliphatic heterocycles. The van der Waals surface area contributed by atoms with Crippen LogP contribution >= 0.6 is 0 Å². The maximum absolute atomic E-state index is 13.9. The number of aryl methyl sites for hydroxylation is 1. The lowest BCUT2D eigenvalue weighted by Gasteiger charge is -2.33. The second-order valence-electron chi connectivity index (χ2n) is 10.7. The number of imidazole rings is 1. The first-order valence-electron chi connectivity index (χ1n) is 13.4. The van der Waals surface area contributed by atoms with Crippen LogP contribution in [0.2, 0.25) is 0 Å². The Labute approximate surface area is 230 Å². The monoisotopic (exact) mass is 585 g/mol. The van der Waals surface area contributed by atoms with Gasteiger partial charge >= 0.3 is 6.18 Å². The van der Waals surface area contributed by atoms with E-state index in [1.807, 2.05) is 0 Å². The zero-order valence-electron chi connectivity index (χ0n) is 21.9. The zero-order valence-corrected chi connectivity index (χ0v) is 21.9. The van der Waals surface area contributed by atoms with Gasteiger partial charge in [0.05, 0.1) is 36.1 Å². The van der Waals surface area contributed by atoms with E-state index in [1.165, 1.54) is 27.7 Å². The highest BCUT2D eigenvalue weighted by atomic mass is 19.4. The molecule has 1 saturated carbocycles. The summed E-state index contributed by atoms with van der Waals surface area (Å²) in [5, 5.41) is 13.6. The van der Waals surface area contributed by atoms with E-state index >= 15 is 0 Å². The highest BCUT2D eigenvalue weighted by Crippen LogP contribution is 2.41. The highest BCUT2D eigenvalue weighted by molar-refractivity contribution is 5.92. The number of carbonyl (C=O) groups is 2. The summed E-state index contributed by atoms with van der Waals surface area (Å²) in [5.74, 6) is -6.74. The number of fused-ring (bicyclic) bond motifs is 1. The van der Waals surface area contributed by atoms with Crippen LogP contribution in [0, 0.1) is 17.8 Å². The Bertz CT molecular complexity index is 1390. The highest BCUT2D eigenvalue weighted by Gasteiger charge is 2.45. The van der Waals surface area contributed by atoms with Crippen LogP contribution < -0.4 is 10.6 Å². The maximum atomic E-state index is 13.9. The molecule has 3 aromatic rings. The van der Waals surface area contributed by atoms with Crippen molar-refractivity contribution in [2.45, 2.75) is 63.2 Å². The topological polar surface area (TPSA) is 106 Å². The van der Waals surface area contributed by atoms with Crippen LogP contribution in [0.3, 0.4) is 0 Å². The number of amides is 2. The normalized spacial score (nSPS) is 22.4. The average Bonchev–Trinajstić information content (AvgIpc) is 3.55. The van der Waals surface area contributed by atoms with Gasteiger partial charge in [0.1, 0.15) is 12.4 Å². The van der Waals surface area contributed by atoms with Crippen LogP contribution in [0.1, 0.15) is 60.0 Å². The van der Waals surface area contributed by atoms with Crippen molar-refractivity contribution in [3.05, 3.63) is 47.7 Å². The van der Waals surface area contributed by atoms with Crippen LogP contribution in [-0.4, -0.2) is 61.5 Å². The minimum absolute atomic E-state index is 0.0156. The van der Waals surface area contributed by atoms with Gasteiger partial charge in [0.2, 0.25) is 11.8 Å². The summed E-state index contributed by atoms with van der Waals surface area (Å²) < 4.78 is 83.1. The molecule has 5 rings (SSSR count). The molecule has 3 aromatic heterocycles. The summed E-state index contributed by atoms with van der Waals surface area (Å²) in [6, 6.07) is 3.83. The molecule has 1 saturated heterocycles. The van der Waals surface area contributed by atoms with Gasteiger partial charge in [-0.1, -0.05) is 0 Å². The summed E-state index contributed by atoms with van der Waals surface area (Å²) >= 11 is 0. The van der Waals surface area contributed by atoms with Gasteiger partial charge in [0.15, 0.2) is 5.65 Å². The van der Waals surface area contributed by atoms with Crippen LogP contribution in [0.25, 0.3) is 5.65 Å². The van der Waals surface area contributed by atoms with E-state index < -0.39 is 55.0 Å². The van der Waals surface area contributed by atoms with E-state index in [4.69, 9.17) is 0 Å². The fourth-order valence-electron chi connectivity index (χ4n) is 5.61. The lowest BCUT2D eigenvalue weighted by Crippen LogP contribution is -2.47. The van der Waals surface area contributed by atoms with Crippen molar-refractivity contribution < 1.29 is 35.9 Å². The lowest BCUT2D eigenvalue weighted by molar-refractivity contribution is -0.183. The number of hydrogen-bond acceptors (Lipinski definition) is 5. The Kier molecular flexibility index (Phi) is 7.97. The van der Waals surface area contributed by atoms with Gasteiger partial charge in [-0.05, 0) is 43.4 Å². The van der Waals surface area contributed by atoms with Gasteiger partial charge in [-0.2, -0.15) is 23.4 Å². The number of piperidine rings is 1. The van der Waals surface area contributed by atoms with Crippen LogP contribution in [0.15, 0.2) is 30.6 Å². The molecule has 41 heavy (non-hydrogen) atoms. The van der Waals surface area contributed by atoms with Crippen molar-refractivity contribution in [3.63, 3.8) is 0 Å². The third-order valence-electron chi connectivity index (χ3n) is 7.86. The number of hydrogen-bond donors (Lipinski definition) is 2. The predicted octanol–water partition coefficient (Wildman–Crippen LogP) is 4.05. The number of alkyl halides is 6. The number of carbonyl (C=O) groups excluding carboxylic acids is 2. The molecule has 222 valence electrons. The molecular weight excluding hydrogens is 556 g/mol. The van der Waals surface area contributed by atoms with Crippen molar-refractivity contribution in [2.24, 2.45) is 17.8 Å². The molecule has 3 atom stereocenters. The van der Waals surface area contributed by atoms with E-state index in [1.54, 1.807) is 12.1 Å². The van der Waals surface area contributed by atoms with Crippen molar-refractivity contribution >= 4 is 17.5 Å². The molecule has 0 bridgehead atoms. The molecular formula is C26H29F6N7O2. The minimum Gasteiger partial charge on any atom is -0.355 e. The standard InChI is InChI=1S/C26H29F6N7O2/c27-8-10-38-20(5-9-34-38)24(41)36-22(15-3-6-25(28,29)7-4-15)19-14-39-21(35-19)2-1-18(37-39)12-16-11-17(26(30,31)32)13-33-23(16)40/h1-2,5,9,14-17,22H,3-4,6-8,10-13H2,(H,33,40)(H,36,41)/t16?,17-,22?/m1/s1. The number of nitrogens with one attached hydrogen (secondary N) is 2. The van der Waals surface area contributed by atoms with E-state index in [0.717, 1.165) is 0 Å². The Hall–Kier alpha value is -3.65. The number of nitrogens with zero attached hydrogens (tertiary/aromatic N) is 5. The lowest BCUT2D eigenvalue weighted by atomic mass is 9.81. The van der Waals surface area contributed by atoms with Crippen molar-refractivity contribution in [2.75, 3.05) is 13.2 Å².